The molecule has 0 fully saturated rings. The molecule has 1 heterocycles. The lowest BCUT2D eigenvalue weighted by Crippen LogP contribution is -2.26. The van der Waals surface area contributed by atoms with Gasteiger partial charge in [0.2, 0.25) is 0 Å². The fourth-order valence-electron chi connectivity index (χ4n) is 1.82. The number of rotatable bonds is 4. The minimum absolute atomic E-state index is 0.0804. The lowest BCUT2D eigenvalue weighted by Gasteiger charge is -2.06. The minimum atomic E-state index is -0.487. The fraction of sp³-hybridized carbons (Fsp3) is 0.286. The molecule has 0 bridgehead atoms. The molecule has 100 valence electrons. The highest BCUT2D eigenvalue weighted by Gasteiger charge is 2.10. The molecule has 1 amide bonds. The zero-order valence-corrected chi connectivity index (χ0v) is 11.0. The summed E-state index contributed by atoms with van der Waals surface area (Å²) in [6.45, 7) is 2.24. The van der Waals surface area contributed by atoms with Gasteiger partial charge in [-0.05, 0) is 36.6 Å². The van der Waals surface area contributed by atoms with Crippen LogP contribution in [0.2, 0.25) is 0 Å². The average Bonchev–Trinajstić information content (AvgIpc) is 2.75. The molecule has 0 radical (unpaired) electrons. The van der Waals surface area contributed by atoms with E-state index in [0.717, 1.165) is 11.1 Å². The van der Waals surface area contributed by atoms with E-state index in [4.69, 9.17) is 0 Å². The number of hydrogen-bond acceptors (Lipinski definition) is 2. The second-order valence-electron chi connectivity index (χ2n) is 4.51. The van der Waals surface area contributed by atoms with Crippen molar-refractivity contribution < 1.29 is 9.18 Å². The molecule has 0 unspecified atom stereocenters. The normalized spacial score (nSPS) is 10.5. The summed E-state index contributed by atoms with van der Waals surface area (Å²) in [5.41, 5.74) is 1.91. The number of aryl methyl sites for hydroxylation is 2. The van der Waals surface area contributed by atoms with Crippen molar-refractivity contribution in [1.29, 1.82) is 0 Å². The van der Waals surface area contributed by atoms with Crippen molar-refractivity contribution in [2.45, 2.75) is 13.3 Å². The number of nitrogens with one attached hydrogen (secondary N) is 1. The Morgan fingerprint density at radius 3 is 2.89 bits per heavy atom. The van der Waals surface area contributed by atoms with Gasteiger partial charge in [0.05, 0.1) is 11.8 Å². The molecule has 2 aromatic rings. The zero-order chi connectivity index (χ0) is 13.8. The molecule has 1 N–H and O–H groups in total. The highest BCUT2D eigenvalue weighted by Crippen LogP contribution is 2.09. The number of benzene rings is 1. The van der Waals surface area contributed by atoms with Crippen molar-refractivity contribution in [1.82, 2.24) is 15.1 Å². The first-order valence-electron chi connectivity index (χ1n) is 6.08. The third-order valence-electron chi connectivity index (χ3n) is 2.83. The number of carbonyl (C=O) groups excluding carboxylic acids is 1. The van der Waals surface area contributed by atoms with Crippen LogP contribution in [-0.2, 0) is 13.5 Å². The second-order valence-corrected chi connectivity index (χ2v) is 4.51. The largest absolute Gasteiger partial charge is 0.352 e. The lowest BCUT2D eigenvalue weighted by molar-refractivity contribution is 0.0950. The summed E-state index contributed by atoms with van der Waals surface area (Å²) in [7, 11) is 1.84. The number of amides is 1. The van der Waals surface area contributed by atoms with Crippen molar-refractivity contribution in [3.8, 4) is 0 Å². The Bertz CT molecular complexity index is 592. The predicted molar refractivity (Wildman–Crippen MR) is 70.4 cm³/mol. The van der Waals surface area contributed by atoms with E-state index < -0.39 is 5.82 Å². The Morgan fingerprint density at radius 1 is 1.47 bits per heavy atom. The number of aromatic nitrogens is 2. The van der Waals surface area contributed by atoms with E-state index in [1.54, 1.807) is 23.9 Å². The van der Waals surface area contributed by atoms with Crippen LogP contribution in [-0.4, -0.2) is 22.2 Å². The smallest absolute Gasteiger partial charge is 0.254 e. The number of carbonyl (C=O) groups is 1. The maximum absolute atomic E-state index is 13.6. The Kier molecular flexibility index (Phi) is 3.94. The van der Waals surface area contributed by atoms with E-state index in [9.17, 15) is 9.18 Å². The maximum Gasteiger partial charge on any atom is 0.254 e. The van der Waals surface area contributed by atoms with Crippen molar-refractivity contribution in [3.63, 3.8) is 0 Å². The Balaban J connectivity index is 1.90. The Morgan fingerprint density at radius 2 is 2.26 bits per heavy atom. The monoisotopic (exact) mass is 261 g/mol. The fourth-order valence-corrected chi connectivity index (χ4v) is 1.82. The zero-order valence-electron chi connectivity index (χ0n) is 11.0. The summed E-state index contributed by atoms with van der Waals surface area (Å²) >= 11 is 0. The summed E-state index contributed by atoms with van der Waals surface area (Å²) in [5, 5.41) is 6.74. The average molecular weight is 261 g/mol. The van der Waals surface area contributed by atoms with Gasteiger partial charge in [-0.2, -0.15) is 5.10 Å². The predicted octanol–water partition coefficient (Wildman–Crippen LogP) is 1.84. The maximum atomic E-state index is 13.6. The van der Waals surface area contributed by atoms with Gasteiger partial charge < -0.3 is 5.32 Å². The van der Waals surface area contributed by atoms with Gasteiger partial charge in [0.25, 0.3) is 5.91 Å². The minimum Gasteiger partial charge on any atom is -0.352 e. The molecule has 0 saturated carbocycles. The van der Waals surface area contributed by atoms with E-state index in [2.05, 4.69) is 10.4 Å². The van der Waals surface area contributed by atoms with Gasteiger partial charge >= 0.3 is 0 Å². The summed E-state index contributed by atoms with van der Waals surface area (Å²) in [5.74, 6) is -0.875. The molecule has 4 nitrogen and oxygen atoms in total. The SMILES string of the molecule is Cc1ccc(C(=O)NCCc2cnn(C)c2)c(F)c1. The molecule has 5 heteroatoms. The number of nitrogens with zero attached hydrogens (tertiary/aromatic N) is 2. The number of halogens is 1. The third-order valence-corrected chi connectivity index (χ3v) is 2.83. The van der Waals surface area contributed by atoms with Crippen LogP contribution in [0.1, 0.15) is 21.5 Å². The van der Waals surface area contributed by atoms with E-state index in [1.165, 1.54) is 12.1 Å². The molecule has 0 aliphatic carbocycles. The van der Waals surface area contributed by atoms with Crippen molar-refractivity contribution in [2.75, 3.05) is 6.54 Å². The van der Waals surface area contributed by atoms with Gasteiger partial charge in [-0.25, -0.2) is 4.39 Å². The molecule has 0 atom stereocenters. The van der Waals surface area contributed by atoms with E-state index >= 15 is 0 Å². The van der Waals surface area contributed by atoms with Crippen molar-refractivity contribution in [2.24, 2.45) is 7.05 Å². The first kappa shape index (κ1) is 13.3. The van der Waals surface area contributed by atoms with E-state index in [0.29, 0.717) is 13.0 Å². The van der Waals surface area contributed by atoms with Crippen LogP contribution in [0.25, 0.3) is 0 Å². The number of hydrogen-bond donors (Lipinski definition) is 1. The molecule has 0 saturated heterocycles. The van der Waals surface area contributed by atoms with Crippen LogP contribution in [0.4, 0.5) is 4.39 Å². The van der Waals surface area contributed by atoms with E-state index in [-0.39, 0.29) is 11.5 Å². The van der Waals surface area contributed by atoms with Gasteiger partial charge in [-0.3, -0.25) is 9.48 Å². The highest BCUT2D eigenvalue weighted by atomic mass is 19.1. The molecule has 2 rings (SSSR count). The first-order valence-corrected chi connectivity index (χ1v) is 6.08. The molecular weight excluding hydrogens is 245 g/mol. The summed E-state index contributed by atoms with van der Waals surface area (Å²) < 4.78 is 15.3. The molecular formula is C14H16FN3O. The molecule has 0 aliphatic rings. The van der Waals surface area contributed by atoms with Crippen molar-refractivity contribution >= 4 is 5.91 Å². The van der Waals surface area contributed by atoms with Crippen LogP contribution in [0, 0.1) is 12.7 Å². The summed E-state index contributed by atoms with van der Waals surface area (Å²) in [6, 6.07) is 4.58. The molecule has 1 aromatic carbocycles. The van der Waals surface area contributed by atoms with Gasteiger partial charge in [-0.15, -0.1) is 0 Å². The van der Waals surface area contributed by atoms with Crippen LogP contribution in [0.5, 0.6) is 0 Å². The standard InChI is InChI=1S/C14H16FN3O/c1-10-3-4-12(13(15)7-10)14(19)16-6-5-11-8-17-18(2)9-11/h3-4,7-9H,5-6H2,1-2H3,(H,16,19). The van der Waals surface area contributed by atoms with Gasteiger partial charge in [0.15, 0.2) is 0 Å². The van der Waals surface area contributed by atoms with Gasteiger partial charge in [-0.1, -0.05) is 6.07 Å². The third kappa shape index (κ3) is 3.40. The summed E-state index contributed by atoms with van der Waals surface area (Å²) in [6.07, 6.45) is 4.31. The van der Waals surface area contributed by atoms with Crippen LogP contribution in [0.3, 0.4) is 0 Å². The first-order chi connectivity index (χ1) is 9.06. The molecule has 0 spiro atoms. The lowest BCUT2D eigenvalue weighted by atomic mass is 10.1. The van der Waals surface area contributed by atoms with Crippen LogP contribution >= 0.6 is 0 Å². The molecule has 19 heavy (non-hydrogen) atoms. The molecule has 1 aromatic heterocycles. The Labute approximate surface area is 111 Å². The van der Waals surface area contributed by atoms with Crippen LogP contribution < -0.4 is 5.32 Å². The Hall–Kier alpha value is -2.17. The topological polar surface area (TPSA) is 46.9 Å². The quantitative estimate of drug-likeness (QED) is 0.913. The molecule has 0 aliphatic heterocycles. The van der Waals surface area contributed by atoms with Gasteiger partial charge in [0.1, 0.15) is 5.82 Å². The second kappa shape index (κ2) is 5.65. The van der Waals surface area contributed by atoms with E-state index in [1.807, 2.05) is 13.2 Å². The van der Waals surface area contributed by atoms with Crippen LogP contribution in [0.15, 0.2) is 30.6 Å². The van der Waals surface area contributed by atoms with Gasteiger partial charge in [0, 0.05) is 19.8 Å². The summed E-state index contributed by atoms with van der Waals surface area (Å²) in [4.78, 5) is 11.8. The van der Waals surface area contributed by atoms with Crippen molar-refractivity contribution in [3.05, 3.63) is 53.1 Å². The highest BCUT2D eigenvalue weighted by molar-refractivity contribution is 5.94.